The molecule has 0 heterocycles. The van der Waals surface area contributed by atoms with E-state index in [1.54, 1.807) is 0 Å². The van der Waals surface area contributed by atoms with Crippen molar-refractivity contribution in [2.24, 2.45) is 5.92 Å². The number of benzene rings is 1. The number of aliphatic hydroxyl groups is 1. The van der Waals surface area contributed by atoms with Gasteiger partial charge in [-0.05, 0) is 30.0 Å². The quantitative estimate of drug-likeness (QED) is 0.812. The highest BCUT2D eigenvalue weighted by Gasteiger charge is 2.30. The van der Waals surface area contributed by atoms with Gasteiger partial charge in [-0.3, -0.25) is 4.79 Å². The molecule has 0 aliphatic heterocycles. The Morgan fingerprint density at radius 3 is 2.32 bits per heavy atom. The number of nitrogens with one attached hydrogen (secondary N) is 1. The summed E-state index contributed by atoms with van der Waals surface area (Å²) >= 11 is 0. The Labute approximate surface area is 127 Å². The van der Waals surface area contributed by atoms with E-state index in [1.165, 1.54) is 24.3 Å². The number of ether oxygens (including phenoxy) is 1. The minimum Gasteiger partial charge on any atom is -0.406 e. The molecule has 4 nitrogen and oxygen atoms in total. The van der Waals surface area contributed by atoms with Crippen LogP contribution in [0.3, 0.4) is 0 Å². The van der Waals surface area contributed by atoms with Crippen molar-refractivity contribution >= 4 is 5.91 Å². The molecule has 1 unspecified atom stereocenters. The van der Waals surface area contributed by atoms with E-state index in [9.17, 15) is 18.0 Å². The summed E-state index contributed by atoms with van der Waals surface area (Å²) in [6.07, 6.45) is -4.21. The molecule has 0 bridgehead atoms. The maximum absolute atomic E-state index is 12.0. The second kappa shape index (κ2) is 8.03. The van der Waals surface area contributed by atoms with Gasteiger partial charge in [-0.15, -0.1) is 13.2 Å². The lowest BCUT2D eigenvalue weighted by atomic mass is 10.0. The summed E-state index contributed by atoms with van der Waals surface area (Å²) in [5, 5.41) is 11.8. The molecule has 1 rings (SSSR count). The molecule has 0 aliphatic carbocycles. The van der Waals surface area contributed by atoms with Crippen molar-refractivity contribution in [1.82, 2.24) is 5.32 Å². The second-order valence-corrected chi connectivity index (χ2v) is 5.30. The molecule has 22 heavy (non-hydrogen) atoms. The van der Waals surface area contributed by atoms with E-state index in [0.717, 1.165) is 0 Å². The van der Waals surface area contributed by atoms with Crippen LogP contribution in [0.2, 0.25) is 0 Å². The van der Waals surface area contributed by atoms with Crippen LogP contribution >= 0.6 is 0 Å². The van der Waals surface area contributed by atoms with Gasteiger partial charge in [0, 0.05) is 12.6 Å². The third-order valence-electron chi connectivity index (χ3n) is 3.11. The van der Waals surface area contributed by atoms with Crippen LogP contribution in [0.1, 0.15) is 25.8 Å². The summed E-state index contributed by atoms with van der Waals surface area (Å²) in [6, 6.07) is 5.03. The highest BCUT2D eigenvalue weighted by molar-refractivity contribution is 5.78. The average Bonchev–Trinajstić information content (AvgIpc) is 2.38. The highest BCUT2D eigenvalue weighted by Crippen LogP contribution is 2.22. The lowest BCUT2D eigenvalue weighted by Crippen LogP contribution is -2.40. The van der Waals surface area contributed by atoms with Crippen LogP contribution in [-0.2, 0) is 11.2 Å². The molecule has 0 aromatic heterocycles. The predicted octanol–water partition coefficient (Wildman–Crippen LogP) is 2.65. The minimum absolute atomic E-state index is 0.0212. The van der Waals surface area contributed by atoms with Crippen molar-refractivity contribution in [2.75, 3.05) is 6.61 Å². The van der Waals surface area contributed by atoms with E-state index in [1.807, 2.05) is 13.8 Å². The van der Waals surface area contributed by atoms with Crippen molar-refractivity contribution in [1.29, 1.82) is 0 Å². The SMILES string of the molecule is CC(C)C(CCO)NC(=O)Cc1ccc(OC(F)(F)F)cc1. The molecule has 0 spiro atoms. The van der Waals surface area contributed by atoms with Gasteiger partial charge in [0.2, 0.25) is 5.91 Å². The summed E-state index contributed by atoms with van der Waals surface area (Å²) in [4.78, 5) is 11.9. The maximum Gasteiger partial charge on any atom is 0.573 e. The fourth-order valence-corrected chi connectivity index (χ4v) is 1.96. The van der Waals surface area contributed by atoms with Gasteiger partial charge in [0.25, 0.3) is 0 Å². The maximum atomic E-state index is 12.0. The van der Waals surface area contributed by atoms with E-state index >= 15 is 0 Å². The molecule has 2 N–H and O–H groups in total. The number of carbonyl (C=O) groups is 1. The van der Waals surface area contributed by atoms with E-state index in [0.29, 0.717) is 12.0 Å². The van der Waals surface area contributed by atoms with E-state index in [-0.39, 0.29) is 36.6 Å². The predicted molar refractivity (Wildman–Crippen MR) is 75.3 cm³/mol. The molecule has 124 valence electrons. The molecule has 0 radical (unpaired) electrons. The number of alkyl halides is 3. The van der Waals surface area contributed by atoms with Gasteiger partial charge < -0.3 is 15.2 Å². The first-order chi connectivity index (χ1) is 10.2. The van der Waals surface area contributed by atoms with Gasteiger partial charge in [0.1, 0.15) is 5.75 Å². The monoisotopic (exact) mass is 319 g/mol. The normalized spacial score (nSPS) is 13.0. The van der Waals surface area contributed by atoms with E-state index in [4.69, 9.17) is 5.11 Å². The van der Waals surface area contributed by atoms with Gasteiger partial charge in [-0.1, -0.05) is 26.0 Å². The number of hydrogen-bond donors (Lipinski definition) is 2. The first kappa shape index (κ1) is 18.3. The average molecular weight is 319 g/mol. The number of rotatable bonds is 7. The summed E-state index contributed by atoms with van der Waals surface area (Å²) in [5.41, 5.74) is 0.582. The van der Waals surface area contributed by atoms with Crippen molar-refractivity contribution in [3.63, 3.8) is 0 Å². The third-order valence-corrected chi connectivity index (χ3v) is 3.11. The smallest absolute Gasteiger partial charge is 0.406 e. The zero-order valence-corrected chi connectivity index (χ0v) is 12.5. The first-order valence-corrected chi connectivity index (χ1v) is 6.96. The highest BCUT2D eigenvalue weighted by atomic mass is 19.4. The van der Waals surface area contributed by atoms with Crippen LogP contribution in [0, 0.1) is 5.92 Å². The fourth-order valence-electron chi connectivity index (χ4n) is 1.96. The van der Waals surface area contributed by atoms with Crippen molar-refractivity contribution < 1.29 is 27.8 Å². The standard InChI is InChI=1S/C15H20F3NO3/c1-10(2)13(7-8-20)19-14(21)9-11-3-5-12(6-4-11)22-15(16,17)18/h3-6,10,13,20H,7-9H2,1-2H3,(H,19,21). The van der Waals surface area contributed by atoms with E-state index < -0.39 is 6.36 Å². The van der Waals surface area contributed by atoms with Gasteiger partial charge in [0.15, 0.2) is 0 Å². The topological polar surface area (TPSA) is 58.6 Å². The van der Waals surface area contributed by atoms with Gasteiger partial charge in [-0.25, -0.2) is 0 Å². The van der Waals surface area contributed by atoms with Crippen LogP contribution in [0.5, 0.6) is 5.75 Å². The van der Waals surface area contributed by atoms with Crippen LogP contribution in [0.25, 0.3) is 0 Å². The Kier molecular flexibility index (Phi) is 6.67. The molecule has 1 aromatic carbocycles. The summed E-state index contributed by atoms with van der Waals surface area (Å²) in [6.45, 7) is 3.85. The molecule has 0 aliphatic rings. The summed E-state index contributed by atoms with van der Waals surface area (Å²) < 4.78 is 39.9. The Bertz CT molecular complexity index is 472. The zero-order chi connectivity index (χ0) is 16.8. The van der Waals surface area contributed by atoms with Crippen LogP contribution in [0.15, 0.2) is 24.3 Å². The molecule has 7 heteroatoms. The fraction of sp³-hybridized carbons (Fsp3) is 0.533. The van der Waals surface area contributed by atoms with E-state index in [2.05, 4.69) is 10.1 Å². The molecular weight excluding hydrogens is 299 g/mol. The third kappa shape index (κ3) is 6.80. The van der Waals surface area contributed by atoms with Crippen LogP contribution in [-0.4, -0.2) is 30.0 Å². The molecular formula is C15H20F3NO3. The molecule has 0 fully saturated rings. The molecule has 0 saturated heterocycles. The molecule has 0 saturated carbocycles. The number of amides is 1. The van der Waals surface area contributed by atoms with Gasteiger partial charge in [0.05, 0.1) is 6.42 Å². The molecule has 1 amide bonds. The minimum atomic E-state index is -4.73. The Hall–Kier alpha value is -1.76. The summed E-state index contributed by atoms with van der Waals surface area (Å²) in [7, 11) is 0. The van der Waals surface area contributed by atoms with Gasteiger partial charge >= 0.3 is 6.36 Å². The number of carbonyl (C=O) groups excluding carboxylic acids is 1. The Morgan fingerprint density at radius 1 is 1.27 bits per heavy atom. The Balaban J connectivity index is 2.57. The van der Waals surface area contributed by atoms with Crippen molar-refractivity contribution in [2.45, 2.75) is 39.1 Å². The number of halogens is 3. The number of aliphatic hydroxyl groups excluding tert-OH is 1. The summed E-state index contributed by atoms with van der Waals surface area (Å²) in [5.74, 6) is -0.382. The Morgan fingerprint density at radius 2 is 1.86 bits per heavy atom. The largest absolute Gasteiger partial charge is 0.573 e. The van der Waals surface area contributed by atoms with Gasteiger partial charge in [-0.2, -0.15) is 0 Å². The van der Waals surface area contributed by atoms with Crippen LogP contribution in [0.4, 0.5) is 13.2 Å². The molecule has 1 atom stereocenters. The molecule has 1 aromatic rings. The zero-order valence-electron chi connectivity index (χ0n) is 12.5. The van der Waals surface area contributed by atoms with Crippen LogP contribution < -0.4 is 10.1 Å². The first-order valence-electron chi connectivity index (χ1n) is 6.96. The van der Waals surface area contributed by atoms with Crippen molar-refractivity contribution in [3.8, 4) is 5.75 Å². The lowest BCUT2D eigenvalue weighted by Gasteiger charge is -2.21. The lowest BCUT2D eigenvalue weighted by molar-refractivity contribution is -0.274. The van der Waals surface area contributed by atoms with Crippen molar-refractivity contribution in [3.05, 3.63) is 29.8 Å². The number of hydrogen-bond acceptors (Lipinski definition) is 3. The second-order valence-electron chi connectivity index (χ2n) is 5.30.